The van der Waals surface area contributed by atoms with Gasteiger partial charge in [-0.15, -0.1) is 0 Å². The molecule has 4 heteroatoms. The zero-order chi connectivity index (χ0) is 22.6. The van der Waals surface area contributed by atoms with E-state index < -0.39 is 5.83 Å². The van der Waals surface area contributed by atoms with Crippen LogP contribution in [0.4, 0.5) is 4.39 Å². The van der Waals surface area contributed by atoms with Crippen LogP contribution in [0.15, 0.2) is 96.8 Å². The van der Waals surface area contributed by atoms with Crippen LogP contribution in [0, 0.1) is 5.92 Å². The molecular formula is C27H33FO3. The van der Waals surface area contributed by atoms with E-state index in [-0.39, 0.29) is 17.8 Å². The lowest BCUT2D eigenvalue weighted by Gasteiger charge is -2.33. The van der Waals surface area contributed by atoms with Crippen LogP contribution in [0.5, 0.6) is 0 Å². The summed E-state index contributed by atoms with van der Waals surface area (Å²) in [7, 11) is 0. The smallest absolute Gasteiger partial charge is 0.173 e. The number of Topliss-reactive ketones (excluding diaryl/α,β-unsaturated/α-hetero) is 1. The molecule has 0 saturated heterocycles. The summed E-state index contributed by atoms with van der Waals surface area (Å²) in [6.45, 7) is 13.4. The SMILES string of the molecule is C=CC1=C(/C(=C/OCC(=C)C)CC=C/C=C/C=C(/F)C=C)OC2CCCCCC2C1=O. The van der Waals surface area contributed by atoms with Crippen LogP contribution in [0.2, 0.25) is 0 Å². The molecule has 2 aliphatic rings. The molecule has 2 rings (SSSR count). The summed E-state index contributed by atoms with van der Waals surface area (Å²) in [6.07, 6.45) is 18.1. The summed E-state index contributed by atoms with van der Waals surface area (Å²) >= 11 is 0. The van der Waals surface area contributed by atoms with Gasteiger partial charge in [0.1, 0.15) is 24.3 Å². The van der Waals surface area contributed by atoms with E-state index in [9.17, 15) is 9.18 Å². The number of carbonyl (C=O) groups excluding carboxylic acids is 1. The van der Waals surface area contributed by atoms with E-state index in [1.807, 2.05) is 19.1 Å². The first kappa shape index (κ1) is 24.4. The number of fused-ring (bicyclic) bond motifs is 1. The van der Waals surface area contributed by atoms with Crippen molar-refractivity contribution in [2.45, 2.75) is 51.6 Å². The Morgan fingerprint density at radius 3 is 2.68 bits per heavy atom. The molecule has 0 N–H and O–H groups in total. The molecule has 0 aromatic rings. The van der Waals surface area contributed by atoms with Gasteiger partial charge in [0.05, 0.1) is 17.8 Å². The Bertz CT molecular complexity index is 839. The number of ketones is 1. The fourth-order valence-electron chi connectivity index (χ4n) is 3.72. The van der Waals surface area contributed by atoms with Gasteiger partial charge in [-0.3, -0.25) is 4.79 Å². The predicted molar refractivity (Wildman–Crippen MR) is 125 cm³/mol. The summed E-state index contributed by atoms with van der Waals surface area (Å²) in [4.78, 5) is 13.2. The zero-order valence-corrected chi connectivity index (χ0v) is 18.4. The van der Waals surface area contributed by atoms with Crippen molar-refractivity contribution < 1.29 is 18.7 Å². The van der Waals surface area contributed by atoms with E-state index in [0.29, 0.717) is 24.4 Å². The van der Waals surface area contributed by atoms with Crippen molar-refractivity contribution in [3.8, 4) is 0 Å². The predicted octanol–water partition coefficient (Wildman–Crippen LogP) is 6.99. The minimum Gasteiger partial charge on any atom is -0.496 e. The van der Waals surface area contributed by atoms with Gasteiger partial charge in [0.2, 0.25) is 0 Å². The number of hydrogen-bond acceptors (Lipinski definition) is 3. The molecule has 1 aliphatic carbocycles. The van der Waals surface area contributed by atoms with E-state index in [1.54, 1.807) is 24.5 Å². The summed E-state index contributed by atoms with van der Waals surface area (Å²) in [5.41, 5.74) is 2.19. The van der Waals surface area contributed by atoms with E-state index in [1.165, 1.54) is 6.08 Å². The van der Waals surface area contributed by atoms with Gasteiger partial charge in [-0.25, -0.2) is 4.39 Å². The largest absolute Gasteiger partial charge is 0.496 e. The number of halogens is 1. The Balaban J connectivity index is 2.28. The van der Waals surface area contributed by atoms with Gasteiger partial charge >= 0.3 is 0 Å². The highest BCUT2D eigenvalue weighted by Gasteiger charge is 2.38. The van der Waals surface area contributed by atoms with Crippen LogP contribution in [-0.2, 0) is 14.3 Å². The molecule has 1 aliphatic heterocycles. The van der Waals surface area contributed by atoms with Crippen molar-refractivity contribution in [1.82, 2.24) is 0 Å². The molecule has 3 nitrogen and oxygen atoms in total. The quantitative estimate of drug-likeness (QED) is 0.215. The summed E-state index contributed by atoms with van der Waals surface area (Å²) in [6, 6.07) is 0. The van der Waals surface area contributed by atoms with Crippen molar-refractivity contribution in [2.75, 3.05) is 6.61 Å². The van der Waals surface area contributed by atoms with Gasteiger partial charge in [-0.05, 0) is 50.3 Å². The van der Waals surface area contributed by atoms with Crippen molar-refractivity contribution in [1.29, 1.82) is 0 Å². The second-order valence-corrected chi connectivity index (χ2v) is 7.90. The minimum absolute atomic E-state index is 0.0955. The molecular weight excluding hydrogens is 391 g/mol. The molecule has 31 heavy (non-hydrogen) atoms. The zero-order valence-electron chi connectivity index (χ0n) is 18.4. The second-order valence-electron chi connectivity index (χ2n) is 7.90. The molecule has 0 radical (unpaired) electrons. The molecule has 1 saturated carbocycles. The lowest BCUT2D eigenvalue weighted by atomic mass is 9.84. The maximum absolute atomic E-state index is 13.2. The monoisotopic (exact) mass is 424 g/mol. The van der Waals surface area contributed by atoms with Gasteiger partial charge in [0.25, 0.3) is 0 Å². The third kappa shape index (κ3) is 7.39. The summed E-state index contributed by atoms with van der Waals surface area (Å²) < 4.78 is 25.1. The first-order chi connectivity index (χ1) is 15.0. The topological polar surface area (TPSA) is 35.5 Å². The van der Waals surface area contributed by atoms with Crippen molar-refractivity contribution >= 4 is 5.78 Å². The van der Waals surface area contributed by atoms with Crippen LogP contribution in [0.3, 0.4) is 0 Å². The van der Waals surface area contributed by atoms with Crippen LogP contribution < -0.4 is 0 Å². The highest BCUT2D eigenvalue weighted by molar-refractivity contribution is 6.01. The van der Waals surface area contributed by atoms with Gasteiger partial charge in [0, 0.05) is 5.57 Å². The first-order valence-electron chi connectivity index (χ1n) is 10.8. The third-order valence-corrected chi connectivity index (χ3v) is 5.27. The molecule has 2 atom stereocenters. The maximum Gasteiger partial charge on any atom is 0.173 e. The van der Waals surface area contributed by atoms with Gasteiger partial charge in [-0.2, -0.15) is 0 Å². The van der Waals surface area contributed by atoms with E-state index in [0.717, 1.165) is 49.3 Å². The Morgan fingerprint density at radius 2 is 1.97 bits per heavy atom. The molecule has 1 heterocycles. The highest BCUT2D eigenvalue weighted by Crippen LogP contribution is 2.38. The first-order valence-corrected chi connectivity index (χ1v) is 10.8. The Hall–Kier alpha value is -2.88. The highest BCUT2D eigenvalue weighted by atomic mass is 19.1. The Kier molecular flexibility index (Phi) is 10.0. The van der Waals surface area contributed by atoms with Crippen LogP contribution in [0.25, 0.3) is 0 Å². The number of rotatable bonds is 10. The van der Waals surface area contributed by atoms with Gasteiger partial charge < -0.3 is 9.47 Å². The fraction of sp³-hybridized carbons (Fsp3) is 0.370. The molecule has 0 amide bonds. The molecule has 0 spiro atoms. The average Bonchev–Trinajstić information content (AvgIpc) is 3.00. The van der Waals surface area contributed by atoms with Crippen LogP contribution >= 0.6 is 0 Å². The molecule has 166 valence electrons. The number of hydrogen-bond donors (Lipinski definition) is 0. The number of ether oxygens (including phenoxy) is 2. The van der Waals surface area contributed by atoms with Gasteiger partial charge in [0.15, 0.2) is 5.78 Å². The average molecular weight is 425 g/mol. The summed E-state index contributed by atoms with van der Waals surface area (Å²) in [5.74, 6) is 0.173. The normalized spacial score (nSPS) is 22.8. The maximum atomic E-state index is 13.2. The van der Waals surface area contributed by atoms with Crippen molar-refractivity contribution in [2.24, 2.45) is 5.92 Å². The lowest BCUT2D eigenvalue weighted by molar-refractivity contribution is -0.125. The Morgan fingerprint density at radius 1 is 1.19 bits per heavy atom. The summed E-state index contributed by atoms with van der Waals surface area (Å²) in [5, 5.41) is 0. The van der Waals surface area contributed by atoms with Crippen LogP contribution in [-0.4, -0.2) is 18.5 Å². The standard InChI is InChI=1S/C27H33FO3/c1-5-22(28)15-11-8-7-10-14-21(19-30-18-20(3)4)27-23(6-2)26(29)24-16-12-9-13-17-25(24)31-27/h5-8,10-11,15,19,24-25H,1-3,9,12-14,16-18H2,4H3/b10-7?,11-8+,21-19+,22-15+. The van der Waals surface area contributed by atoms with Gasteiger partial charge in [-0.1, -0.05) is 63.0 Å². The van der Waals surface area contributed by atoms with Crippen LogP contribution in [0.1, 0.15) is 45.4 Å². The number of allylic oxidation sites excluding steroid dienone is 10. The minimum atomic E-state index is -0.397. The third-order valence-electron chi connectivity index (χ3n) is 5.27. The van der Waals surface area contributed by atoms with Crippen molar-refractivity contribution in [3.63, 3.8) is 0 Å². The molecule has 0 aromatic carbocycles. The molecule has 0 bridgehead atoms. The molecule has 0 aromatic heterocycles. The molecule has 1 fully saturated rings. The van der Waals surface area contributed by atoms with Crippen molar-refractivity contribution in [3.05, 3.63) is 96.8 Å². The second kappa shape index (κ2) is 12.7. The fourth-order valence-corrected chi connectivity index (χ4v) is 3.72. The Labute approximate surface area is 185 Å². The van der Waals surface area contributed by atoms with E-state index in [2.05, 4.69) is 19.7 Å². The van der Waals surface area contributed by atoms with E-state index >= 15 is 0 Å². The number of carbonyl (C=O) groups is 1. The lowest BCUT2D eigenvalue weighted by Crippen LogP contribution is -2.36. The van der Waals surface area contributed by atoms with E-state index in [4.69, 9.17) is 9.47 Å². The molecule has 2 unspecified atom stereocenters.